The van der Waals surface area contributed by atoms with Gasteiger partial charge in [-0.05, 0) is 23.1 Å². The molecule has 2 rings (SSSR count). The molecule has 6 heteroatoms. The van der Waals surface area contributed by atoms with Gasteiger partial charge in [0.1, 0.15) is 6.10 Å². The number of halogens is 2. The van der Waals surface area contributed by atoms with Crippen LogP contribution in [-0.4, -0.2) is 36.5 Å². The second kappa shape index (κ2) is 6.75. The highest BCUT2D eigenvalue weighted by Crippen LogP contribution is 2.29. The van der Waals surface area contributed by atoms with Gasteiger partial charge in [-0.15, -0.1) is 0 Å². The predicted octanol–water partition coefficient (Wildman–Crippen LogP) is 3.27. The SMILES string of the molecule is CC(C)(C)[C@H](N)C(=O)N1CCOC(c2ccc(Cl)c(Cl)c2)C1. The highest BCUT2D eigenvalue weighted by atomic mass is 35.5. The molecule has 1 heterocycles. The molecule has 0 aromatic heterocycles. The Morgan fingerprint density at radius 1 is 1.36 bits per heavy atom. The van der Waals surface area contributed by atoms with E-state index in [4.69, 9.17) is 33.7 Å². The van der Waals surface area contributed by atoms with Gasteiger partial charge >= 0.3 is 0 Å². The number of amides is 1. The van der Waals surface area contributed by atoms with E-state index in [9.17, 15) is 4.79 Å². The second-order valence-corrected chi connectivity index (χ2v) is 7.48. The molecular weight excluding hydrogens is 323 g/mol. The Balaban J connectivity index is 2.11. The van der Waals surface area contributed by atoms with E-state index in [0.29, 0.717) is 29.7 Å². The third-order valence-electron chi connectivity index (χ3n) is 3.89. The molecule has 122 valence electrons. The molecule has 1 amide bonds. The lowest BCUT2D eigenvalue weighted by atomic mass is 9.86. The Kier molecular flexibility index (Phi) is 5.38. The fourth-order valence-corrected chi connectivity index (χ4v) is 2.64. The number of carbonyl (C=O) groups is 1. The van der Waals surface area contributed by atoms with Crippen molar-refractivity contribution in [2.24, 2.45) is 11.1 Å². The Labute approximate surface area is 141 Å². The van der Waals surface area contributed by atoms with E-state index in [1.165, 1.54) is 0 Å². The van der Waals surface area contributed by atoms with E-state index >= 15 is 0 Å². The van der Waals surface area contributed by atoms with Crippen LogP contribution in [-0.2, 0) is 9.53 Å². The largest absolute Gasteiger partial charge is 0.370 e. The van der Waals surface area contributed by atoms with Crippen LogP contribution < -0.4 is 5.73 Å². The topological polar surface area (TPSA) is 55.6 Å². The minimum absolute atomic E-state index is 0.0409. The van der Waals surface area contributed by atoms with E-state index in [2.05, 4.69) is 0 Å². The van der Waals surface area contributed by atoms with Crippen LogP contribution in [0.25, 0.3) is 0 Å². The van der Waals surface area contributed by atoms with Gasteiger partial charge in [0.15, 0.2) is 0 Å². The lowest BCUT2D eigenvalue weighted by Gasteiger charge is -2.37. The number of rotatable bonds is 2. The highest BCUT2D eigenvalue weighted by Gasteiger charge is 2.34. The van der Waals surface area contributed by atoms with Crippen LogP contribution in [0.3, 0.4) is 0 Å². The molecule has 0 radical (unpaired) electrons. The van der Waals surface area contributed by atoms with E-state index in [1.54, 1.807) is 17.0 Å². The number of ether oxygens (including phenoxy) is 1. The molecule has 1 aromatic carbocycles. The van der Waals surface area contributed by atoms with Crippen molar-refractivity contribution in [3.8, 4) is 0 Å². The highest BCUT2D eigenvalue weighted by molar-refractivity contribution is 6.42. The maximum absolute atomic E-state index is 12.5. The van der Waals surface area contributed by atoms with Crippen molar-refractivity contribution < 1.29 is 9.53 Å². The molecule has 2 atom stereocenters. The van der Waals surface area contributed by atoms with E-state index in [1.807, 2.05) is 26.8 Å². The van der Waals surface area contributed by atoms with Crippen molar-refractivity contribution >= 4 is 29.1 Å². The van der Waals surface area contributed by atoms with Crippen molar-refractivity contribution in [2.75, 3.05) is 19.7 Å². The van der Waals surface area contributed by atoms with Crippen molar-refractivity contribution in [3.05, 3.63) is 33.8 Å². The number of benzene rings is 1. The first-order valence-corrected chi connectivity index (χ1v) is 8.06. The Morgan fingerprint density at radius 2 is 2.05 bits per heavy atom. The normalized spacial score (nSPS) is 20.8. The number of hydrogen-bond acceptors (Lipinski definition) is 3. The van der Waals surface area contributed by atoms with Gasteiger partial charge in [-0.3, -0.25) is 4.79 Å². The van der Waals surface area contributed by atoms with Crippen LogP contribution in [0.4, 0.5) is 0 Å². The van der Waals surface area contributed by atoms with Gasteiger partial charge in [0.2, 0.25) is 5.91 Å². The molecule has 0 spiro atoms. The first kappa shape index (κ1) is 17.5. The minimum Gasteiger partial charge on any atom is -0.370 e. The van der Waals surface area contributed by atoms with E-state index < -0.39 is 6.04 Å². The molecule has 1 aliphatic heterocycles. The third kappa shape index (κ3) is 3.93. The summed E-state index contributed by atoms with van der Waals surface area (Å²) in [6.07, 6.45) is -0.209. The van der Waals surface area contributed by atoms with Gasteiger partial charge in [0.05, 0.1) is 29.2 Å². The van der Waals surface area contributed by atoms with Crippen LogP contribution in [0, 0.1) is 5.41 Å². The van der Waals surface area contributed by atoms with Gasteiger partial charge in [0, 0.05) is 6.54 Å². The van der Waals surface area contributed by atoms with Crippen molar-refractivity contribution in [1.29, 1.82) is 0 Å². The fourth-order valence-electron chi connectivity index (χ4n) is 2.33. The fraction of sp³-hybridized carbons (Fsp3) is 0.562. The second-order valence-electron chi connectivity index (χ2n) is 6.66. The molecule has 0 bridgehead atoms. The van der Waals surface area contributed by atoms with Gasteiger partial charge in [-0.25, -0.2) is 0 Å². The summed E-state index contributed by atoms with van der Waals surface area (Å²) in [6.45, 7) is 7.40. The lowest BCUT2D eigenvalue weighted by Crippen LogP contribution is -2.53. The summed E-state index contributed by atoms with van der Waals surface area (Å²) in [5, 5.41) is 0.988. The summed E-state index contributed by atoms with van der Waals surface area (Å²) >= 11 is 12.0. The van der Waals surface area contributed by atoms with Crippen LogP contribution >= 0.6 is 23.2 Å². The van der Waals surface area contributed by atoms with Gasteiger partial charge in [0.25, 0.3) is 0 Å². The monoisotopic (exact) mass is 344 g/mol. The summed E-state index contributed by atoms with van der Waals surface area (Å²) in [7, 11) is 0. The molecule has 1 fully saturated rings. The summed E-state index contributed by atoms with van der Waals surface area (Å²) < 4.78 is 5.77. The number of nitrogens with two attached hydrogens (primary N) is 1. The summed E-state index contributed by atoms with van der Waals surface area (Å²) in [5.41, 5.74) is 6.73. The first-order valence-electron chi connectivity index (χ1n) is 7.31. The number of carbonyl (C=O) groups excluding carboxylic acids is 1. The van der Waals surface area contributed by atoms with Crippen molar-refractivity contribution in [1.82, 2.24) is 4.90 Å². The average molecular weight is 345 g/mol. The molecule has 1 aliphatic rings. The third-order valence-corrected chi connectivity index (χ3v) is 4.63. The molecule has 0 saturated carbocycles. The van der Waals surface area contributed by atoms with Crippen LogP contribution in [0.1, 0.15) is 32.4 Å². The number of morpholine rings is 1. The minimum atomic E-state index is -0.528. The zero-order valence-electron chi connectivity index (χ0n) is 13.1. The molecule has 0 aliphatic carbocycles. The lowest BCUT2D eigenvalue weighted by molar-refractivity contribution is -0.142. The molecule has 2 N–H and O–H groups in total. The van der Waals surface area contributed by atoms with Crippen LogP contribution in [0.15, 0.2) is 18.2 Å². The first-order chi connectivity index (χ1) is 10.2. The zero-order chi connectivity index (χ0) is 16.5. The molecule has 4 nitrogen and oxygen atoms in total. The van der Waals surface area contributed by atoms with Crippen LogP contribution in [0.2, 0.25) is 10.0 Å². The van der Waals surface area contributed by atoms with Crippen LogP contribution in [0.5, 0.6) is 0 Å². The summed E-state index contributed by atoms with van der Waals surface area (Å²) in [4.78, 5) is 14.3. The molecular formula is C16H22Cl2N2O2. The van der Waals surface area contributed by atoms with Crippen molar-refractivity contribution in [3.63, 3.8) is 0 Å². The van der Waals surface area contributed by atoms with Gasteiger partial charge < -0.3 is 15.4 Å². The Morgan fingerprint density at radius 3 is 2.64 bits per heavy atom. The quantitative estimate of drug-likeness (QED) is 0.895. The van der Waals surface area contributed by atoms with Crippen molar-refractivity contribution in [2.45, 2.75) is 32.9 Å². The molecule has 1 saturated heterocycles. The number of nitrogens with zero attached hydrogens (tertiary/aromatic N) is 1. The van der Waals surface area contributed by atoms with Gasteiger partial charge in [-0.1, -0.05) is 50.0 Å². The van der Waals surface area contributed by atoms with E-state index in [-0.39, 0.29) is 17.4 Å². The average Bonchev–Trinajstić information content (AvgIpc) is 2.47. The molecule has 1 aromatic rings. The zero-order valence-corrected chi connectivity index (χ0v) is 14.6. The molecule has 1 unspecified atom stereocenters. The number of hydrogen-bond donors (Lipinski definition) is 1. The maximum Gasteiger partial charge on any atom is 0.240 e. The summed E-state index contributed by atoms with van der Waals surface area (Å²) in [5.74, 6) is -0.0409. The smallest absolute Gasteiger partial charge is 0.240 e. The summed E-state index contributed by atoms with van der Waals surface area (Å²) in [6, 6.07) is 4.87. The van der Waals surface area contributed by atoms with E-state index in [0.717, 1.165) is 5.56 Å². The molecule has 22 heavy (non-hydrogen) atoms. The maximum atomic E-state index is 12.5. The predicted molar refractivity (Wildman–Crippen MR) is 89.2 cm³/mol. The Hall–Kier alpha value is -0.810. The standard InChI is InChI=1S/C16H22Cl2N2O2/c1-16(2,3)14(19)15(21)20-6-7-22-13(9-20)10-4-5-11(17)12(18)8-10/h4-5,8,13-14H,6-7,9,19H2,1-3H3/t13?,14-/m1/s1. The van der Waals surface area contributed by atoms with Gasteiger partial charge in [-0.2, -0.15) is 0 Å². The Bertz CT molecular complexity index is 558.